The Hall–Kier alpha value is -3.30. The summed E-state index contributed by atoms with van der Waals surface area (Å²) in [5.41, 5.74) is -0.720. The van der Waals surface area contributed by atoms with Crippen LogP contribution in [0.3, 0.4) is 0 Å². The number of alkyl halides is 3. The number of rotatable bonds is 8. The maximum atomic E-state index is 13.9. The molecule has 1 amide bonds. The lowest BCUT2D eigenvalue weighted by atomic mass is 10.1. The van der Waals surface area contributed by atoms with Crippen LogP contribution in [0.4, 0.5) is 13.2 Å². The average Bonchev–Trinajstić information content (AvgIpc) is 3.20. The molecule has 0 aliphatic carbocycles. The van der Waals surface area contributed by atoms with Crippen molar-refractivity contribution >= 4 is 11.6 Å². The zero-order valence-electron chi connectivity index (χ0n) is 18.4. The molecule has 0 atom stereocenters. The summed E-state index contributed by atoms with van der Waals surface area (Å²) in [7, 11) is 2.90. The highest BCUT2D eigenvalue weighted by Crippen LogP contribution is 2.36. The van der Waals surface area contributed by atoms with E-state index in [0.717, 1.165) is 25.1 Å². The summed E-state index contributed by atoms with van der Waals surface area (Å²) in [5, 5.41) is 3.85. The summed E-state index contributed by atoms with van der Waals surface area (Å²) >= 11 is 0. The van der Waals surface area contributed by atoms with E-state index < -0.39 is 17.8 Å². The van der Waals surface area contributed by atoms with Crippen LogP contribution in [-0.2, 0) is 6.18 Å². The van der Waals surface area contributed by atoms with Crippen molar-refractivity contribution < 1.29 is 27.4 Å². The van der Waals surface area contributed by atoms with Gasteiger partial charge in [0.2, 0.25) is 0 Å². The van der Waals surface area contributed by atoms with E-state index in [1.165, 1.54) is 20.3 Å². The summed E-state index contributed by atoms with van der Waals surface area (Å²) in [6.45, 7) is 4.85. The molecule has 0 aliphatic rings. The van der Waals surface area contributed by atoms with Crippen molar-refractivity contribution in [2.75, 3.05) is 27.3 Å². The number of aromatic nitrogens is 3. The van der Waals surface area contributed by atoms with Crippen LogP contribution in [0.15, 0.2) is 30.5 Å². The predicted molar refractivity (Wildman–Crippen MR) is 113 cm³/mol. The molecule has 3 aromatic rings. The Bertz CT molecular complexity index is 1110. The summed E-state index contributed by atoms with van der Waals surface area (Å²) in [6.07, 6.45) is -2.10. The molecule has 0 spiro atoms. The molecule has 0 saturated heterocycles. The monoisotopic (exact) mass is 450 g/mol. The number of amides is 1. The fraction of sp³-hybridized carbons (Fsp3) is 0.409. The number of benzene rings is 1. The summed E-state index contributed by atoms with van der Waals surface area (Å²) in [4.78, 5) is 19.1. The average molecular weight is 450 g/mol. The SMILES string of the molecule is CCCN(CCC)C(=O)c1cnn2c(C(F)(F)F)cc(-c3ccc(OC)c(OC)c3)nc12. The van der Waals surface area contributed by atoms with Gasteiger partial charge in [-0.3, -0.25) is 4.79 Å². The molecule has 172 valence electrons. The van der Waals surface area contributed by atoms with Gasteiger partial charge in [-0.1, -0.05) is 13.8 Å². The van der Waals surface area contributed by atoms with Crippen LogP contribution in [-0.4, -0.2) is 52.7 Å². The molecular weight excluding hydrogens is 425 g/mol. The van der Waals surface area contributed by atoms with Crippen molar-refractivity contribution in [2.24, 2.45) is 0 Å². The first kappa shape index (κ1) is 23.4. The topological polar surface area (TPSA) is 69.0 Å². The fourth-order valence-corrected chi connectivity index (χ4v) is 3.48. The molecule has 2 aromatic heterocycles. The molecular formula is C22H25F3N4O3. The van der Waals surface area contributed by atoms with Crippen molar-refractivity contribution in [2.45, 2.75) is 32.9 Å². The lowest BCUT2D eigenvalue weighted by Gasteiger charge is -2.21. The first-order chi connectivity index (χ1) is 15.2. The molecule has 3 rings (SSSR count). The number of nitrogens with zero attached hydrogens (tertiary/aromatic N) is 4. The minimum absolute atomic E-state index is 0.0275. The van der Waals surface area contributed by atoms with E-state index >= 15 is 0 Å². The number of carbonyl (C=O) groups excluding carboxylic acids is 1. The second kappa shape index (κ2) is 9.46. The maximum Gasteiger partial charge on any atom is 0.433 e. The first-order valence-corrected chi connectivity index (χ1v) is 10.2. The molecule has 0 N–H and O–H groups in total. The molecule has 32 heavy (non-hydrogen) atoms. The van der Waals surface area contributed by atoms with Crippen LogP contribution in [0.5, 0.6) is 11.5 Å². The van der Waals surface area contributed by atoms with Crippen molar-refractivity contribution in [3.05, 3.63) is 41.7 Å². The second-order valence-electron chi connectivity index (χ2n) is 7.18. The quantitative estimate of drug-likeness (QED) is 0.498. The van der Waals surface area contributed by atoms with Gasteiger partial charge >= 0.3 is 6.18 Å². The number of fused-ring (bicyclic) bond motifs is 1. The molecule has 0 fully saturated rings. The van der Waals surface area contributed by atoms with Crippen LogP contribution < -0.4 is 9.47 Å². The number of carbonyl (C=O) groups is 1. The van der Waals surface area contributed by atoms with Crippen LogP contribution in [0.1, 0.15) is 42.7 Å². The van der Waals surface area contributed by atoms with Gasteiger partial charge in [0.25, 0.3) is 5.91 Å². The van der Waals surface area contributed by atoms with E-state index in [9.17, 15) is 18.0 Å². The summed E-state index contributed by atoms with van der Waals surface area (Å²) in [5.74, 6) is 0.388. The summed E-state index contributed by atoms with van der Waals surface area (Å²) in [6, 6.07) is 5.61. The Kier molecular flexibility index (Phi) is 6.90. The Morgan fingerprint density at radius 3 is 2.28 bits per heavy atom. The number of hydrogen-bond donors (Lipinski definition) is 0. The van der Waals surface area contributed by atoms with Crippen molar-refractivity contribution in [3.63, 3.8) is 0 Å². The van der Waals surface area contributed by atoms with Crippen LogP contribution >= 0.6 is 0 Å². The van der Waals surface area contributed by atoms with Gasteiger partial charge < -0.3 is 14.4 Å². The summed E-state index contributed by atoms with van der Waals surface area (Å²) < 4.78 is 52.7. The third-order valence-electron chi connectivity index (χ3n) is 4.95. The van der Waals surface area contributed by atoms with Crippen LogP contribution in [0, 0.1) is 0 Å². The smallest absolute Gasteiger partial charge is 0.433 e. The Morgan fingerprint density at radius 2 is 1.72 bits per heavy atom. The van der Waals surface area contributed by atoms with E-state index in [0.29, 0.717) is 34.7 Å². The lowest BCUT2D eigenvalue weighted by molar-refractivity contribution is -0.142. The van der Waals surface area contributed by atoms with Crippen molar-refractivity contribution in [3.8, 4) is 22.8 Å². The third-order valence-corrected chi connectivity index (χ3v) is 4.95. The maximum absolute atomic E-state index is 13.9. The van der Waals surface area contributed by atoms with Gasteiger partial charge in [-0.05, 0) is 37.1 Å². The van der Waals surface area contributed by atoms with Gasteiger partial charge in [0.15, 0.2) is 22.8 Å². The molecule has 0 saturated carbocycles. The van der Waals surface area contributed by atoms with Gasteiger partial charge in [-0.2, -0.15) is 18.3 Å². The van der Waals surface area contributed by atoms with E-state index in [4.69, 9.17) is 9.47 Å². The van der Waals surface area contributed by atoms with E-state index in [-0.39, 0.29) is 16.9 Å². The molecule has 7 nitrogen and oxygen atoms in total. The molecule has 0 bridgehead atoms. The van der Waals surface area contributed by atoms with E-state index in [1.54, 1.807) is 17.0 Å². The van der Waals surface area contributed by atoms with Crippen LogP contribution in [0.25, 0.3) is 16.9 Å². The normalized spacial score (nSPS) is 11.6. The van der Waals surface area contributed by atoms with Crippen molar-refractivity contribution in [1.29, 1.82) is 0 Å². The predicted octanol–water partition coefficient (Wildman–Crippen LogP) is 4.69. The van der Waals surface area contributed by atoms with Gasteiger partial charge in [-0.25, -0.2) is 9.50 Å². The Morgan fingerprint density at radius 1 is 1.06 bits per heavy atom. The number of ether oxygens (including phenoxy) is 2. The Labute approximate surface area is 183 Å². The molecule has 0 radical (unpaired) electrons. The van der Waals surface area contributed by atoms with Gasteiger partial charge in [0.1, 0.15) is 5.56 Å². The number of methoxy groups -OCH3 is 2. The van der Waals surface area contributed by atoms with E-state index in [1.807, 2.05) is 13.8 Å². The molecule has 0 unspecified atom stereocenters. The minimum atomic E-state index is -4.70. The van der Waals surface area contributed by atoms with E-state index in [2.05, 4.69) is 10.1 Å². The van der Waals surface area contributed by atoms with Crippen LogP contribution in [0.2, 0.25) is 0 Å². The van der Waals surface area contributed by atoms with Gasteiger partial charge in [-0.15, -0.1) is 0 Å². The fourth-order valence-electron chi connectivity index (χ4n) is 3.48. The number of halogens is 3. The second-order valence-corrected chi connectivity index (χ2v) is 7.18. The lowest BCUT2D eigenvalue weighted by Crippen LogP contribution is -2.32. The van der Waals surface area contributed by atoms with Crippen molar-refractivity contribution in [1.82, 2.24) is 19.5 Å². The molecule has 2 heterocycles. The largest absolute Gasteiger partial charge is 0.493 e. The molecule has 1 aromatic carbocycles. The van der Waals surface area contributed by atoms with Gasteiger partial charge in [0, 0.05) is 18.7 Å². The highest BCUT2D eigenvalue weighted by molar-refractivity contribution is 6.00. The highest BCUT2D eigenvalue weighted by atomic mass is 19.4. The zero-order chi connectivity index (χ0) is 23.5. The molecule has 0 aliphatic heterocycles. The first-order valence-electron chi connectivity index (χ1n) is 10.2. The zero-order valence-corrected chi connectivity index (χ0v) is 18.4. The number of hydrogen-bond acceptors (Lipinski definition) is 5. The standard InChI is InChI=1S/C22H25F3N4O3/c1-5-9-28(10-6-2)21(30)15-13-26-29-19(22(23,24)25)12-16(27-20(15)29)14-7-8-17(31-3)18(11-14)32-4/h7-8,11-13H,5-6,9-10H2,1-4H3. The Balaban J connectivity index is 2.22. The third kappa shape index (κ3) is 4.49. The molecule has 10 heteroatoms. The minimum Gasteiger partial charge on any atom is -0.493 e. The highest BCUT2D eigenvalue weighted by Gasteiger charge is 2.36. The van der Waals surface area contributed by atoms with Gasteiger partial charge in [0.05, 0.1) is 26.1 Å².